The number of rotatable bonds is 5. The summed E-state index contributed by atoms with van der Waals surface area (Å²) < 4.78 is 11.3. The van der Waals surface area contributed by atoms with E-state index in [1.807, 2.05) is 38.8 Å². The van der Waals surface area contributed by atoms with Gasteiger partial charge in [-0.15, -0.1) is 5.10 Å². The Labute approximate surface area is 280 Å². The van der Waals surface area contributed by atoms with E-state index in [-0.39, 0.29) is 28.3 Å². The van der Waals surface area contributed by atoms with Crippen LogP contribution in [0.4, 0.5) is 0 Å². The third kappa shape index (κ3) is 15.2. The summed E-state index contributed by atoms with van der Waals surface area (Å²) in [5.74, 6) is 2.70. The number of aliphatic hydroxyl groups is 1. The molecule has 0 aromatic carbocycles. The minimum atomic E-state index is -0.407. The smallest absolute Gasteiger partial charge is 0.394 e. The summed E-state index contributed by atoms with van der Waals surface area (Å²) in [5, 5.41) is 25.4. The predicted octanol–water partition coefficient (Wildman–Crippen LogP) is 3.49. The maximum atomic E-state index is 10.8. The summed E-state index contributed by atoms with van der Waals surface area (Å²) in [5.41, 5.74) is -0.0915. The number of hydrogen-bond acceptors (Lipinski definition) is 11. The molecule has 266 valence electrons. The van der Waals surface area contributed by atoms with Crippen molar-refractivity contribution in [2.75, 3.05) is 27.2 Å². The highest BCUT2D eigenvalue weighted by atomic mass is 16.4. The maximum absolute atomic E-state index is 10.8. The largest absolute Gasteiger partial charge is 0.436 e. The van der Waals surface area contributed by atoms with Crippen LogP contribution in [0.1, 0.15) is 106 Å². The lowest BCUT2D eigenvalue weighted by Crippen LogP contribution is -2.19. The van der Waals surface area contributed by atoms with Gasteiger partial charge in [-0.05, 0) is 14.1 Å². The van der Waals surface area contributed by atoms with Gasteiger partial charge in [0.1, 0.15) is 19.0 Å². The zero-order valence-corrected chi connectivity index (χ0v) is 31.7. The van der Waals surface area contributed by atoms with E-state index in [4.69, 9.17) is 9.52 Å². The summed E-state index contributed by atoms with van der Waals surface area (Å²) in [7, 11) is 7.56. The van der Waals surface area contributed by atoms with E-state index in [0.717, 1.165) is 30.6 Å². The van der Waals surface area contributed by atoms with Crippen LogP contribution in [0.15, 0.2) is 28.2 Å². The monoisotopic (exact) mass is 660 g/mol. The molecule has 0 radical (unpaired) electrons. The molecule has 15 heteroatoms. The van der Waals surface area contributed by atoms with Crippen molar-refractivity contribution < 1.29 is 9.52 Å². The molecule has 0 atom stereocenters. The quantitative estimate of drug-likeness (QED) is 0.333. The molecule has 0 aliphatic rings. The SMILES string of the molecule is CC(C)(C)c1ncn(CCO)n1.CN(C)CCn1cnc(C(C)(C)C)n1.Cn1cnc(C(C)(C)C)n1.Cn1nc(C(C)(C)C)oc1=O. The molecule has 4 rings (SSSR count). The molecule has 0 fully saturated rings. The van der Waals surface area contributed by atoms with Crippen LogP contribution < -0.4 is 5.76 Å². The number of aliphatic hydroxyl groups excluding tert-OH is 1. The zero-order valence-electron chi connectivity index (χ0n) is 31.7. The van der Waals surface area contributed by atoms with Crippen LogP contribution in [-0.2, 0) is 48.8 Å². The number of likely N-dealkylation sites (N-methyl/N-ethyl adjacent to an activating group) is 1. The fraction of sp³-hybridized carbons (Fsp3) is 0.750. The van der Waals surface area contributed by atoms with Crippen LogP contribution in [0.5, 0.6) is 0 Å². The Bertz CT molecular complexity index is 1510. The molecule has 47 heavy (non-hydrogen) atoms. The zero-order chi connectivity index (χ0) is 36.4. The summed E-state index contributed by atoms with van der Waals surface area (Å²) >= 11 is 0. The first kappa shape index (κ1) is 41.3. The highest BCUT2D eigenvalue weighted by molar-refractivity contribution is 4.99. The number of aromatic nitrogens is 11. The van der Waals surface area contributed by atoms with Crippen molar-refractivity contribution in [1.29, 1.82) is 0 Å². The van der Waals surface area contributed by atoms with Crippen LogP contribution in [0.2, 0.25) is 0 Å². The van der Waals surface area contributed by atoms with E-state index in [1.54, 1.807) is 29.1 Å². The molecular formula is C32H60N12O3. The van der Waals surface area contributed by atoms with Gasteiger partial charge in [-0.2, -0.15) is 20.0 Å². The van der Waals surface area contributed by atoms with Crippen molar-refractivity contribution >= 4 is 0 Å². The summed E-state index contributed by atoms with van der Waals surface area (Å²) in [6, 6.07) is 0. The molecule has 0 bridgehead atoms. The average Bonchev–Trinajstić information content (AvgIpc) is 3.71. The molecule has 0 amide bonds. The van der Waals surface area contributed by atoms with Crippen molar-refractivity contribution in [2.45, 2.75) is 118 Å². The van der Waals surface area contributed by atoms with Gasteiger partial charge in [-0.3, -0.25) is 14.0 Å². The van der Waals surface area contributed by atoms with Gasteiger partial charge in [-0.1, -0.05) is 83.1 Å². The Hall–Kier alpha value is -3.72. The van der Waals surface area contributed by atoms with Gasteiger partial charge in [0, 0.05) is 42.3 Å². The second-order valence-corrected chi connectivity index (χ2v) is 15.7. The van der Waals surface area contributed by atoms with Crippen LogP contribution >= 0.6 is 0 Å². The van der Waals surface area contributed by atoms with Crippen LogP contribution in [0.25, 0.3) is 0 Å². The molecule has 0 aliphatic heterocycles. The second kappa shape index (κ2) is 16.9. The molecule has 15 nitrogen and oxygen atoms in total. The lowest BCUT2D eigenvalue weighted by atomic mass is 9.96. The third-order valence-corrected chi connectivity index (χ3v) is 6.12. The first-order valence-corrected chi connectivity index (χ1v) is 15.8. The average molecular weight is 661 g/mol. The molecular weight excluding hydrogens is 600 g/mol. The van der Waals surface area contributed by atoms with Crippen LogP contribution in [-0.4, -0.2) is 91.3 Å². The van der Waals surface area contributed by atoms with E-state index in [0.29, 0.717) is 12.4 Å². The highest BCUT2D eigenvalue weighted by Gasteiger charge is 2.22. The number of nitrogens with zero attached hydrogens (tertiary/aromatic N) is 12. The van der Waals surface area contributed by atoms with Crippen molar-refractivity contribution in [1.82, 2.24) is 59.0 Å². The van der Waals surface area contributed by atoms with E-state index < -0.39 is 5.76 Å². The Morgan fingerprint density at radius 1 is 0.660 bits per heavy atom. The molecule has 4 heterocycles. The summed E-state index contributed by atoms with van der Waals surface area (Å²) in [6.45, 7) is 27.2. The number of aryl methyl sites for hydroxylation is 2. The van der Waals surface area contributed by atoms with Crippen molar-refractivity contribution in [2.24, 2.45) is 14.1 Å². The Morgan fingerprint density at radius 3 is 1.34 bits per heavy atom. The molecule has 0 saturated heterocycles. The van der Waals surface area contributed by atoms with Crippen LogP contribution in [0, 0.1) is 0 Å². The van der Waals surface area contributed by atoms with Gasteiger partial charge in [0.2, 0.25) is 5.89 Å². The third-order valence-electron chi connectivity index (χ3n) is 6.12. The van der Waals surface area contributed by atoms with E-state index in [2.05, 4.69) is 117 Å². The first-order chi connectivity index (χ1) is 21.3. The Morgan fingerprint density at radius 2 is 1.09 bits per heavy atom. The van der Waals surface area contributed by atoms with Gasteiger partial charge in [0.25, 0.3) is 0 Å². The molecule has 4 aromatic heterocycles. The predicted molar refractivity (Wildman–Crippen MR) is 183 cm³/mol. The minimum absolute atomic E-state index is 0.0132. The van der Waals surface area contributed by atoms with Crippen LogP contribution in [0.3, 0.4) is 0 Å². The number of hydrogen-bond donors (Lipinski definition) is 1. The molecule has 0 saturated carbocycles. The molecule has 0 spiro atoms. The summed E-state index contributed by atoms with van der Waals surface area (Å²) in [6.07, 6.45) is 5.18. The normalized spacial score (nSPS) is 12.1. The lowest BCUT2D eigenvalue weighted by Gasteiger charge is -2.12. The standard InChI is InChI=1S/C10H20N4.C8H15N3O.C7H13N3.C7H12N2O2/c1-10(2,3)9-11-8-14(12-9)7-6-13(4)5;1-8(2,3)7-9-6-11(10-7)4-5-12;1-7(2,3)6-8-5-10(4)9-6;1-7(2,3)5-8-9(4)6(10)11-5/h8H,6-7H2,1-5H3;6,12H,4-5H2,1-3H3;5H,1-4H3;1-4H3. The highest BCUT2D eigenvalue weighted by Crippen LogP contribution is 2.19. The molecule has 0 unspecified atom stereocenters. The second-order valence-electron chi connectivity index (χ2n) is 15.7. The van der Waals surface area contributed by atoms with E-state index in [1.165, 1.54) is 4.68 Å². The van der Waals surface area contributed by atoms with Gasteiger partial charge < -0.3 is 14.4 Å². The van der Waals surface area contributed by atoms with Gasteiger partial charge in [0.05, 0.1) is 19.7 Å². The fourth-order valence-corrected chi connectivity index (χ4v) is 3.23. The molecule has 0 aliphatic carbocycles. The van der Waals surface area contributed by atoms with Gasteiger partial charge in [0.15, 0.2) is 17.5 Å². The van der Waals surface area contributed by atoms with E-state index >= 15 is 0 Å². The van der Waals surface area contributed by atoms with Gasteiger partial charge in [-0.25, -0.2) is 19.7 Å². The van der Waals surface area contributed by atoms with Crippen molar-refractivity contribution in [3.8, 4) is 0 Å². The lowest BCUT2D eigenvalue weighted by molar-refractivity contribution is 0.268. The van der Waals surface area contributed by atoms with Crippen molar-refractivity contribution in [3.05, 3.63) is 52.9 Å². The Balaban J connectivity index is 0.000000316. The minimum Gasteiger partial charge on any atom is -0.394 e. The van der Waals surface area contributed by atoms with E-state index in [9.17, 15) is 4.79 Å². The van der Waals surface area contributed by atoms with Crippen molar-refractivity contribution in [3.63, 3.8) is 0 Å². The summed E-state index contributed by atoms with van der Waals surface area (Å²) in [4.78, 5) is 25.5. The molecule has 4 aromatic rings. The fourth-order valence-electron chi connectivity index (χ4n) is 3.23. The van der Waals surface area contributed by atoms with Gasteiger partial charge >= 0.3 is 5.76 Å². The molecule has 1 N–H and O–H groups in total. The first-order valence-electron chi connectivity index (χ1n) is 15.8. The maximum Gasteiger partial charge on any atom is 0.436 e. The topological polar surface area (TPSA) is 164 Å². The Kier molecular flexibility index (Phi) is 14.9.